The van der Waals surface area contributed by atoms with E-state index in [-0.39, 0.29) is 12.3 Å². The molecule has 1 amide bonds. The van der Waals surface area contributed by atoms with E-state index >= 15 is 0 Å². The van der Waals surface area contributed by atoms with E-state index in [4.69, 9.17) is 5.11 Å². The van der Waals surface area contributed by atoms with Crippen LogP contribution < -0.4 is 5.32 Å². The van der Waals surface area contributed by atoms with Gasteiger partial charge in [-0.15, -0.1) is 11.8 Å². The molecule has 0 saturated heterocycles. The minimum Gasteiger partial charge on any atom is -0.481 e. The molecule has 0 saturated carbocycles. The van der Waals surface area contributed by atoms with Gasteiger partial charge in [0.1, 0.15) is 5.03 Å². The summed E-state index contributed by atoms with van der Waals surface area (Å²) < 4.78 is 0. The van der Waals surface area contributed by atoms with Crippen LogP contribution in [0.1, 0.15) is 37.0 Å². The number of pyridine rings is 1. The number of amides is 1. The summed E-state index contributed by atoms with van der Waals surface area (Å²) in [7, 11) is 0. The van der Waals surface area contributed by atoms with E-state index in [1.165, 1.54) is 11.8 Å². The summed E-state index contributed by atoms with van der Waals surface area (Å²) >= 11 is 1.40. The molecule has 5 nitrogen and oxygen atoms in total. The first-order chi connectivity index (χ1) is 8.85. The van der Waals surface area contributed by atoms with Gasteiger partial charge in [0.15, 0.2) is 0 Å². The van der Waals surface area contributed by atoms with E-state index < -0.39 is 11.5 Å². The molecule has 0 fully saturated rings. The Hall–Kier alpha value is -1.56. The molecule has 104 valence electrons. The molecule has 1 aromatic rings. The van der Waals surface area contributed by atoms with Crippen LogP contribution in [0, 0.1) is 0 Å². The van der Waals surface area contributed by atoms with Crippen molar-refractivity contribution in [2.24, 2.45) is 0 Å². The third kappa shape index (κ3) is 4.90. The molecular formula is C13H18N2O3S. The van der Waals surface area contributed by atoms with Crippen molar-refractivity contribution in [1.82, 2.24) is 10.3 Å². The number of aliphatic carboxylic acids is 1. The lowest BCUT2D eigenvalue weighted by atomic mass is 9.98. The smallest absolute Gasteiger partial charge is 0.303 e. The molecule has 2 N–H and O–H groups in total. The maximum atomic E-state index is 12.2. The van der Waals surface area contributed by atoms with E-state index in [2.05, 4.69) is 10.3 Å². The Morgan fingerprint density at radius 3 is 2.74 bits per heavy atom. The van der Waals surface area contributed by atoms with Gasteiger partial charge in [-0.05, 0) is 38.7 Å². The quantitative estimate of drug-likeness (QED) is 0.782. The van der Waals surface area contributed by atoms with Gasteiger partial charge >= 0.3 is 5.97 Å². The zero-order valence-corrected chi connectivity index (χ0v) is 12.1. The lowest BCUT2D eigenvalue weighted by molar-refractivity contribution is -0.137. The van der Waals surface area contributed by atoms with E-state index in [9.17, 15) is 9.59 Å². The second-order valence-corrected chi connectivity index (χ2v) is 5.59. The number of nitrogens with one attached hydrogen (secondary N) is 1. The van der Waals surface area contributed by atoms with Gasteiger partial charge in [0, 0.05) is 18.2 Å². The third-order valence-corrected chi connectivity index (χ3v) is 3.34. The Morgan fingerprint density at radius 1 is 1.47 bits per heavy atom. The Labute approximate surface area is 116 Å². The van der Waals surface area contributed by atoms with Crippen LogP contribution in [0.5, 0.6) is 0 Å². The van der Waals surface area contributed by atoms with Crippen LogP contribution in [-0.4, -0.2) is 33.8 Å². The molecule has 6 heteroatoms. The van der Waals surface area contributed by atoms with Crippen LogP contribution in [-0.2, 0) is 4.79 Å². The number of aromatic nitrogens is 1. The van der Waals surface area contributed by atoms with E-state index in [1.807, 2.05) is 20.1 Å². The van der Waals surface area contributed by atoms with Crippen LogP contribution in [0.2, 0.25) is 0 Å². The Morgan fingerprint density at radius 2 is 2.16 bits per heavy atom. The maximum absolute atomic E-state index is 12.2. The van der Waals surface area contributed by atoms with Crippen LogP contribution in [0.3, 0.4) is 0 Å². The van der Waals surface area contributed by atoms with Gasteiger partial charge in [-0.2, -0.15) is 0 Å². The molecule has 0 unspecified atom stereocenters. The van der Waals surface area contributed by atoms with Crippen molar-refractivity contribution in [1.29, 1.82) is 0 Å². The number of thioether (sulfide) groups is 1. The fourth-order valence-corrected chi connectivity index (χ4v) is 2.13. The average Bonchev–Trinajstić information content (AvgIpc) is 2.36. The summed E-state index contributed by atoms with van der Waals surface area (Å²) in [5, 5.41) is 12.2. The first-order valence-corrected chi connectivity index (χ1v) is 7.11. The van der Waals surface area contributed by atoms with Crippen LogP contribution >= 0.6 is 11.8 Å². The number of carbonyl (C=O) groups is 2. The molecule has 1 rings (SSSR count). The summed E-state index contributed by atoms with van der Waals surface area (Å²) in [6, 6.07) is 3.42. The minimum atomic E-state index is -0.867. The first-order valence-electron chi connectivity index (χ1n) is 5.89. The van der Waals surface area contributed by atoms with Crippen molar-refractivity contribution in [3.8, 4) is 0 Å². The number of carbonyl (C=O) groups excluding carboxylic acids is 1. The van der Waals surface area contributed by atoms with Gasteiger partial charge < -0.3 is 10.4 Å². The molecule has 0 aliphatic rings. The lowest BCUT2D eigenvalue weighted by Crippen LogP contribution is -2.43. The minimum absolute atomic E-state index is 0.0235. The highest BCUT2D eigenvalue weighted by Crippen LogP contribution is 2.19. The van der Waals surface area contributed by atoms with Crippen molar-refractivity contribution in [3.63, 3.8) is 0 Å². The summed E-state index contributed by atoms with van der Waals surface area (Å²) in [5.41, 5.74) is -0.0561. The number of nitrogens with zero attached hydrogens (tertiary/aromatic N) is 1. The molecule has 19 heavy (non-hydrogen) atoms. The van der Waals surface area contributed by atoms with Gasteiger partial charge in [-0.1, -0.05) is 0 Å². The van der Waals surface area contributed by atoms with Crippen molar-refractivity contribution in [2.75, 3.05) is 6.26 Å². The predicted octanol–water partition coefficient (Wildman–Crippen LogP) is 2.18. The Bertz CT molecular complexity index is 475. The number of rotatable bonds is 6. The van der Waals surface area contributed by atoms with Crippen molar-refractivity contribution in [3.05, 3.63) is 23.9 Å². The van der Waals surface area contributed by atoms with Gasteiger partial charge in [-0.25, -0.2) is 4.98 Å². The molecule has 0 spiro atoms. The second-order valence-electron chi connectivity index (χ2n) is 4.79. The molecule has 0 atom stereocenters. The van der Waals surface area contributed by atoms with Crippen molar-refractivity contribution >= 4 is 23.6 Å². The summed E-state index contributed by atoms with van der Waals surface area (Å²) in [4.78, 5) is 26.9. The largest absolute Gasteiger partial charge is 0.481 e. The van der Waals surface area contributed by atoms with E-state index in [1.54, 1.807) is 18.3 Å². The number of hydrogen-bond acceptors (Lipinski definition) is 4. The van der Waals surface area contributed by atoms with Crippen LogP contribution in [0.25, 0.3) is 0 Å². The maximum Gasteiger partial charge on any atom is 0.303 e. The lowest BCUT2D eigenvalue weighted by Gasteiger charge is -2.26. The van der Waals surface area contributed by atoms with E-state index in [0.29, 0.717) is 17.0 Å². The summed E-state index contributed by atoms with van der Waals surface area (Å²) in [6.07, 6.45) is 3.89. The monoisotopic (exact) mass is 282 g/mol. The fraction of sp³-hybridized carbons (Fsp3) is 0.462. The molecule has 1 heterocycles. The SMILES string of the molecule is CSc1ncccc1C(=O)NC(C)(C)CCC(=O)O. The fourth-order valence-electron chi connectivity index (χ4n) is 1.58. The zero-order chi connectivity index (χ0) is 14.5. The molecule has 0 aromatic carbocycles. The highest BCUT2D eigenvalue weighted by atomic mass is 32.2. The highest BCUT2D eigenvalue weighted by molar-refractivity contribution is 7.98. The Balaban J connectivity index is 2.75. The first kappa shape index (κ1) is 15.5. The van der Waals surface area contributed by atoms with Crippen LogP contribution in [0.4, 0.5) is 0 Å². The number of carboxylic acids is 1. The second kappa shape index (κ2) is 6.56. The van der Waals surface area contributed by atoms with Gasteiger partial charge in [0.25, 0.3) is 5.91 Å². The van der Waals surface area contributed by atoms with Crippen molar-refractivity contribution < 1.29 is 14.7 Å². The molecule has 0 bridgehead atoms. The summed E-state index contributed by atoms with van der Waals surface area (Å²) in [5.74, 6) is -1.10. The molecule has 1 aromatic heterocycles. The topological polar surface area (TPSA) is 79.3 Å². The molecule has 0 aliphatic carbocycles. The predicted molar refractivity (Wildman–Crippen MR) is 74.4 cm³/mol. The number of hydrogen-bond donors (Lipinski definition) is 2. The number of carboxylic acid groups (broad SMARTS) is 1. The standard InChI is InChI=1S/C13H18N2O3S/c1-13(2,7-6-10(16)17)15-11(18)9-5-4-8-14-12(9)19-3/h4-5,8H,6-7H2,1-3H3,(H,15,18)(H,16,17). The normalized spacial score (nSPS) is 11.1. The third-order valence-electron chi connectivity index (χ3n) is 2.62. The van der Waals surface area contributed by atoms with Gasteiger partial charge in [0.2, 0.25) is 0 Å². The van der Waals surface area contributed by atoms with Crippen LogP contribution in [0.15, 0.2) is 23.4 Å². The van der Waals surface area contributed by atoms with Gasteiger partial charge in [-0.3, -0.25) is 9.59 Å². The molecule has 0 radical (unpaired) electrons. The van der Waals surface area contributed by atoms with E-state index in [0.717, 1.165) is 0 Å². The Kier molecular flexibility index (Phi) is 5.35. The molecule has 0 aliphatic heterocycles. The average molecular weight is 282 g/mol. The van der Waals surface area contributed by atoms with Gasteiger partial charge in [0.05, 0.1) is 5.56 Å². The zero-order valence-electron chi connectivity index (χ0n) is 11.3. The van der Waals surface area contributed by atoms with Crippen molar-refractivity contribution in [2.45, 2.75) is 37.3 Å². The molecular weight excluding hydrogens is 264 g/mol. The summed E-state index contributed by atoms with van der Waals surface area (Å²) in [6.45, 7) is 3.62. The highest BCUT2D eigenvalue weighted by Gasteiger charge is 2.23.